The second-order valence-corrected chi connectivity index (χ2v) is 8.57. The molecule has 0 saturated carbocycles. The van der Waals surface area contributed by atoms with Crippen molar-refractivity contribution in [2.75, 3.05) is 35.6 Å². The topological polar surface area (TPSA) is 96.6 Å². The van der Waals surface area contributed by atoms with Crippen molar-refractivity contribution in [2.24, 2.45) is 0 Å². The van der Waals surface area contributed by atoms with Gasteiger partial charge in [-0.25, -0.2) is 0 Å². The van der Waals surface area contributed by atoms with Crippen LogP contribution in [-0.2, 0) is 24.5 Å². The largest absolute Gasteiger partial charge is 0.458 e. The second kappa shape index (κ2) is 9.46. The molecule has 33 heavy (non-hydrogen) atoms. The quantitative estimate of drug-likeness (QED) is 0.578. The van der Waals surface area contributed by atoms with Gasteiger partial charge in [-0.3, -0.25) is 9.69 Å². The molecule has 3 N–H and O–H groups in total. The van der Waals surface area contributed by atoms with E-state index in [9.17, 15) is 4.79 Å². The summed E-state index contributed by atoms with van der Waals surface area (Å²) in [5, 5.41) is 2.81. The van der Waals surface area contributed by atoms with E-state index in [1.807, 2.05) is 35.2 Å². The number of nitrogens with two attached hydrogens (primary N) is 1. The number of aromatic nitrogens is 2. The SMILES string of the molecule is Nc1nc(OCc2ccccc2)nc2c1NC(=O)CN2Cc1cccc(CN2CCCC2)c1. The van der Waals surface area contributed by atoms with E-state index in [4.69, 9.17) is 10.5 Å². The van der Waals surface area contributed by atoms with Gasteiger partial charge >= 0.3 is 6.01 Å². The second-order valence-electron chi connectivity index (χ2n) is 8.57. The Labute approximate surface area is 193 Å². The van der Waals surface area contributed by atoms with Gasteiger partial charge in [0.05, 0.1) is 6.54 Å². The van der Waals surface area contributed by atoms with Crippen molar-refractivity contribution >= 4 is 23.2 Å². The molecule has 5 rings (SSSR count). The van der Waals surface area contributed by atoms with Crippen LogP contribution in [0.1, 0.15) is 29.5 Å². The minimum atomic E-state index is -0.135. The summed E-state index contributed by atoms with van der Waals surface area (Å²) in [4.78, 5) is 25.6. The van der Waals surface area contributed by atoms with Crippen molar-refractivity contribution in [3.63, 3.8) is 0 Å². The molecule has 0 unspecified atom stereocenters. The number of benzene rings is 2. The molecule has 0 radical (unpaired) electrons. The van der Waals surface area contributed by atoms with E-state index in [2.05, 4.69) is 44.5 Å². The molecule has 170 valence electrons. The lowest BCUT2D eigenvalue weighted by Gasteiger charge is -2.30. The smallest absolute Gasteiger partial charge is 0.320 e. The number of ether oxygens (including phenoxy) is 1. The first-order valence-electron chi connectivity index (χ1n) is 11.3. The van der Waals surface area contributed by atoms with E-state index in [-0.39, 0.29) is 24.3 Å². The number of carbonyl (C=O) groups is 1. The summed E-state index contributed by atoms with van der Waals surface area (Å²) in [5.74, 6) is 0.642. The molecule has 0 spiro atoms. The minimum absolute atomic E-state index is 0.135. The first kappa shape index (κ1) is 21.2. The Morgan fingerprint density at radius 3 is 2.45 bits per heavy atom. The average Bonchev–Trinajstić information content (AvgIpc) is 3.32. The lowest BCUT2D eigenvalue weighted by Crippen LogP contribution is -2.39. The van der Waals surface area contributed by atoms with Crippen molar-refractivity contribution < 1.29 is 9.53 Å². The van der Waals surface area contributed by atoms with Crippen molar-refractivity contribution in [1.82, 2.24) is 14.9 Å². The van der Waals surface area contributed by atoms with Crippen LogP contribution in [-0.4, -0.2) is 40.4 Å². The number of hydrogen-bond acceptors (Lipinski definition) is 7. The van der Waals surface area contributed by atoms with Gasteiger partial charge in [-0.15, -0.1) is 0 Å². The van der Waals surface area contributed by atoms with Gasteiger partial charge in [0, 0.05) is 13.1 Å². The normalized spacial score (nSPS) is 15.9. The molecule has 2 aliphatic heterocycles. The number of anilines is 3. The van der Waals surface area contributed by atoms with Gasteiger partial charge in [0.15, 0.2) is 11.6 Å². The number of likely N-dealkylation sites (tertiary alicyclic amines) is 1. The first-order chi connectivity index (χ1) is 16.1. The molecule has 1 aromatic heterocycles. The summed E-state index contributed by atoms with van der Waals surface area (Å²) in [7, 11) is 0. The fourth-order valence-corrected chi connectivity index (χ4v) is 4.38. The Morgan fingerprint density at radius 2 is 1.67 bits per heavy atom. The predicted octanol–water partition coefficient (Wildman–Crippen LogP) is 3.19. The van der Waals surface area contributed by atoms with Crippen LogP contribution >= 0.6 is 0 Å². The van der Waals surface area contributed by atoms with E-state index >= 15 is 0 Å². The summed E-state index contributed by atoms with van der Waals surface area (Å²) >= 11 is 0. The molecule has 0 bridgehead atoms. The highest BCUT2D eigenvalue weighted by Crippen LogP contribution is 2.34. The number of fused-ring (bicyclic) bond motifs is 1. The van der Waals surface area contributed by atoms with Crippen LogP contribution in [0, 0.1) is 0 Å². The zero-order valence-corrected chi connectivity index (χ0v) is 18.5. The molecule has 2 aromatic carbocycles. The molecule has 0 aliphatic carbocycles. The van der Waals surface area contributed by atoms with Gasteiger partial charge in [0.1, 0.15) is 12.3 Å². The van der Waals surface area contributed by atoms with E-state index in [0.717, 1.165) is 30.8 Å². The fourth-order valence-electron chi connectivity index (χ4n) is 4.38. The monoisotopic (exact) mass is 444 g/mol. The van der Waals surface area contributed by atoms with Gasteiger partial charge in [-0.2, -0.15) is 9.97 Å². The molecule has 1 amide bonds. The zero-order chi connectivity index (χ0) is 22.6. The van der Waals surface area contributed by atoms with Crippen molar-refractivity contribution in [1.29, 1.82) is 0 Å². The van der Waals surface area contributed by atoms with E-state index in [0.29, 0.717) is 24.7 Å². The van der Waals surface area contributed by atoms with Gasteiger partial charge in [-0.05, 0) is 42.6 Å². The Morgan fingerprint density at radius 1 is 0.939 bits per heavy atom. The maximum absolute atomic E-state index is 12.4. The third kappa shape index (κ3) is 5.06. The molecule has 3 aromatic rings. The Hall–Kier alpha value is -3.65. The maximum atomic E-state index is 12.4. The Bertz CT molecular complexity index is 1130. The molecule has 3 heterocycles. The minimum Gasteiger partial charge on any atom is -0.458 e. The van der Waals surface area contributed by atoms with Gasteiger partial charge in [0.25, 0.3) is 0 Å². The van der Waals surface area contributed by atoms with Crippen LogP contribution in [0.5, 0.6) is 6.01 Å². The van der Waals surface area contributed by atoms with E-state index in [1.54, 1.807) is 0 Å². The third-order valence-corrected chi connectivity index (χ3v) is 5.98. The standard InChI is InChI=1S/C25H28N6O2/c26-23-22-24(29-25(28-23)33-17-18-7-2-1-3-8-18)31(16-21(32)27-22)15-20-10-6-9-19(13-20)14-30-11-4-5-12-30/h1-3,6-10,13H,4-5,11-12,14-17H2,(H,27,32)(H2,26,28,29). The molecular formula is C25H28N6O2. The number of amides is 1. The van der Waals surface area contributed by atoms with Crippen LogP contribution in [0.2, 0.25) is 0 Å². The van der Waals surface area contributed by atoms with Gasteiger partial charge in [0.2, 0.25) is 5.91 Å². The van der Waals surface area contributed by atoms with E-state index < -0.39 is 0 Å². The maximum Gasteiger partial charge on any atom is 0.320 e. The van der Waals surface area contributed by atoms with Crippen molar-refractivity contribution in [3.05, 3.63) is 71.3 Å². The number of carbonyl (C=O) groups excluding carboxylic acids is 1. The van der Waals surface area contributed by atoms with Crippen molar-refractivity contribution in [2.45, 2.75) is 32.5 Å². The molecule has 0 atom stereocenters. The van der Waals surface area contributed by atoms with Crippen LogP contribution in [0.15, 0.2) is 54.6 Å². The first-order valence-corrected chi connectivity index (χ1v) is 11.3. The van der Waals surface area contributed by atoms with Crippen LogP contribution in [0.25, 0.3) is 0 Å². The number of rotatable bonds is 7. The molecular weight excluding hydrogens is 416 g/mol. The number of nitrogen functional groups attached to an aromatic ring is 1. The summed E-state index contributed by atoms with van der Waals surface area (Å²) in [6, 6.07) is 18.5. The highest BCUT2D eigenvalue weighted by atomic mass is 16.5. The number of nitrogens with zero attached hydrogens (tertiary/aromatic N) is 4. The Balaban J connectivity index is 1.36. The molecule has 8 nitrogen and oxygen atoms in total. The Kier molecular flexibility index (Phi) is 6.08. The summed E-state index contributed by atoms with van der Waals surface area (Å²) in [5.41, 5.74) is 10.0. The van der Waals surface area contributed by atoms with Crippen LogP contribution < -0.4 is 20.7 Å². The molecule has 1 saturated heterocycles. The predicted molar refractivity (Wildman–Crippen MR) is 128 cm³/mol. The van der Waals surface area contributed by atoms with Crippen LogP contribution in [0.3, 0.4) is 0 Å². The summed E-state index contributed by atoms with van der Waals surface area (Å²) in [6.45, 7) is 4.35. The molecule has 8 heteroatoms. The van der Waals surface area contributed by atoms with Gasteiger partial charge < -0.3 is 20.7 Å². The highest BCUT2D eigenvalue weighted by molar-refractivity contribution is 6.03. The van der Waals surface area contributed by atoms with E-state index in [1.165, 1.54) is 18.4 Å². The van der Waals surface area contributed by atoms with Crippen molar-refractivity contribution in [3.8, 4) is 6.01 Å². The lowest BCUT2D eigenvalue weighted by molar-refractivity contribution is -0.115. The molecule has 1 fully saturated rings. The number of hydrogen-bond donors (Lipinski definition) is 2. The molecule has 2 aliphatic rings. The summed E-state index contributed by atoms with van der Waals surface area (Å²) in [6.07, 6.45) is 2.55. The third-order valence-electron chi connectivity index (χ3n) is 5.98. The fraction of sp³-hybridized carbons (Fsp3) is 0.320. The lowest BCUT2D eigenvalue weighted by atomic mass is 10.1. The van der Waals surface area contributed by atoms with Crippen LogP contribution in [0.4, 0.5) is 17.3 Å². The number of nitrogens with one attached hydrogen (secondary N) is 1. The highest BCUT2D eigenvalue weighted by Gasteiger charge is 2.27. The summed E-state index contributed by atoms with van der Waals surface area (Å²) < 4.78 is 5.81. The van der Waals surface area contributed by atoms with Gasteiger partial charge in [-0.1, -0.05) is 54.6 Å². The average molecular weight is 445 g/mol. The zero-order valence-electron chi connectivity index (χ0n) is 18.5.